The molecule has 1 fully saturated rings. The Morgan fingerprint density at radius 2 is 2.00 bits per heavy atom. The summed E-state index contributed by atoms with van der Waals surface area (Å²) in [5.74, 6) is 0.286. The number of piperidine rings is 1. The maximum absolute atomic E-state index is 12.3. The molecule has 0 spiro atoms. The van der Waals surface area contributed by atoms with Crippen LogP contribution in [0.15, 0.2) is 30.9 Å². The predicted octanol–water partition coefficient (Wildman–Crippen LogP) is 1.92. The second-order valence-corrected chi connectivity index (χ2v) is 6.40. The average Bonchev–Trinajstić information content (AvgIpc) is 2.61. The topological polar surface area (TPSA) is 71.0 Å². The van der Waals surface area contributed by atoms with E-state index in [1.807, 2.05) is 13.0 Å². The van der Waals surface area contributed by atoms with Gasteiger partial charge in [0.2, 0.25) is 0 Å². The summed E-state index contributed by atoms with van der Waals surface area (Å²) >= 11 is 0. The van der Waals surface area contributed by atoms with Gasteiger partial charge in [-0.3, -0.25) is 19.7 Å². The largest absolute Gasteiger partial charge is 0.346 e. The van der Waals surface area contributed by atoms with Crippen LogP contribution in [0, 0.1) is 6.92 Å². The van der Waals surface area contributed by atoms with Crippen LogP contribution in [0.1, 0.15) is 46.1 Å². The molecule has 1 saturated heterocycles. The molecule has 1 aliphatic heterocycles. The highest BCUT2D eigenvalue weighted by atomic mass is 16.1. The second-order valence-electron chi connectivity index (χ2n) is 6.40. The fourth-order valence-electron chi connectivity index (χ4n) is 3.08. The Balaban J connectivity index is 1.68. The minimum absolute atomic E-state index is 0.133. The summed E-state index contributed by atoms with van der Waals surface area (Å²) in [5, 5.41) is 2.94. The number of hydrogen-bond acceptors (Lipinski definition) is 5. The van der Waals surface area contributed by atoms with Crippen LogP contribution in [0.25, 0.3) is 0 Å². The molecule has 0 aromatic carbocycles. The van der Waals surface area contributed by atoms with Gasteiger partial charge in [-0.05, 0) is 51.5 Å². The predicted molar refractivity (Wildman–Crippen MR) is 91.6 cm³/mol. The molecule has 3 rings (SSSR count). The number of rotatable bonds is 4. The lowest BCUT2D eigenvalue weighted by molar-refractivity contribution is 0.0949. The first-order chi connectivity index (χ1) is 11.6. The van der Waals surface area contributed by atoms with Crippen LogP contribution in [0.2, 0.25) is 0 Å². The van der Waals surface area contributed by atoms with E-state index in [4.69, 9.17) is 0 Å². The van der Waals surface area contributed by atoms with Crippen LogP contribution < -0.4 is 5.32 Å². The van der Waals surface area contributed by atoms with Crippen molar-refractivity contribution in [2.45, 2.75) is 32.2 Å². The van der Waals surface area contributed by atoms with Crippen LogP contribution in [0.3, 0.4) is 0 Å². The number of aryl methyl sites for hydroxylation is 1. The molecular formula is C18H23N5O. The van der Waals surface area contributed by atoms with Crippen molar-refractivity contribution in [3.8, 4) is 0 Å². The summed E-state index contributed by atoms with van der Waals surface area (Å²) in [7, 11) is 2.14. The van der Waals surface area contributed by atoms with Gasteiger partial charge < -0.3 is 10.2 Å². The third kappa shape index (κ3) is 3.94. The lowest BCUT2D eigenvalue weighted by Crippen LogP contribution is -2.31. The average molecular weight is 325 g/mol. The van der Waals surface area contributed by atoms with Gasteiger partial charge in [-0.2, -0.15) is 0 Å². The number of likely N-dealkylation sites (tertiary alicyclic amines) is 1. The summed E-state index contributed by atoms with van der Waals surface area (Å²) < 4.78 is 0. The van der Waals surface area contributed by atoms with Crippen molar-refractivity contribution in [1.29, 1.82) is 0 Å². The van der Waals surface area contributed by atoms with Gasteiger partial charge in [-0.15, -0.1) is 0 Å². The number of nitrogens with zero attached hydrogens (tertiary/aromatic N) is 4. The zero-order valence-corrected chi connectivity index (χ0v) is 14.2. The van der Waals surface area contributed by atoms with Crippen LogP contribution in [0.4, 0.5) is 0 Å². The van der Waals surface area contributed by atoms with Gasteiger partial charge in [-0.1, -0.05) is 0 Å². The monoisotopic (exact) mass is 325 g/mol. The molecule has 1 N–H and O–H groups in total. The van der Waals surface area contributed by atoms with E-state index >= 15 is 0 Å². The van der Waals surface area contributed by atoms with E-state index in [1.54, 1.807) is 24.8 Å². The minimum Gasteiger partial charge on any atom is -0.346 e. The highest BCUT2D eigenvalue weighted by Gasteiger charge is 2.22. The Bertz CT molecular complexity index is 710. The van der Waals surface area contributed by atoms with Gasteiger partial charge >= 0.3 is 0 Å². The number of hydrogen-bond donors (Lipinski definition) is 1. The van der Waals surface area contributed by atoms with Gasteiger partial charge in [-0.25, -0.2) is 0 Å². The molecule has 6 nitrogen and oxygen atoms in total. The third-order valence-electron chi connectivity index (χ3n) is 4.47. The molecule has 24 heavy (non-hydrogen) atoms. The fourth-order valence-corrected chi connectivity index (χ4v) is 3.08. The molecule has 3 heterocycles. The van der Waals surface area contributed by atoms with Crippen molar-refractivity contribution in [1.82, 2.24) is 25.2 Å². The Labute approximate surface area is 142 Å². The molecule has 1 aliphatic rings. The first-order valence-electron chi connectivity index (χ1n) is 8.31. The van der Waals surface area contributed by atoms with Crippen molar-refractivity contribution in [3.63, 3.8) is 0 Å². The summed E-state index contributed by atoms with van der Waals surface area (Å²) in [6, 6.07) is 1.83. The van der Waals surface area contributed by atoms with E-state index in [0.29, 0.717) is 18.0 Å². The first-order valence-corrected chi connectivity index (χ1v) is 8.31. The SMILES string of the molecule is Cc1cncc(C(=O)NCc2nccnc2C2CCN(C)CC2)c1. The number of pyridine rings is 1. The van der Waals surface area contributed by atoms with Crippen molar-refractivity contribution in [2.75, 3.05) is 20.1 Å². The molecule has 0 bridgehead atoms. The molecule has 0 unspecified atom stereocenters. The van der Waals surface area contributed by atoms with Crippen molar-refractivity contribution >= 4 is 5.91 Å². The lowest BCUT2D eigenvalue weighted by Gasteiger charge is -2.29. The van der Waals surface area contributed by atoms with Gasteiger partial charge in [0.1, 0.15) is 0 Å². The van der Waals surface area contributed by atoms with Gasteiger partial charge in [0, 0.05) is 30.7 Å². The molecular weight excluding hydrogens is 302 g/mol. The zero-order chi connectivity index (χ0) is 16.9. The Hall–Kier alpha value is -2.34. The van der Waals surface area contributed by atoms with Crippen molar-refractivity contribution in [3.05, 3.63) is 53.4 Å². The van der Waals surface area contributed by atoms with Gasteiger partial charge in [0.25, 0.3) is 5.91 Å². The summed E-state index contributed by atoms with van der Waals surface area (Å²) in [4.78, 5) is 27.7. The highest BCUT2D eigenvalue weighted by molar-refractivity contribution is 5.93. The van der Waals surface area contributed by atoms with E-state index in [1.165, 1.54) is 0 Å². The quantitative estimate of drug-likeness (QED) is 0.930. The number of aromatic nitrogens is 3. The number of carbonyl (C=O) groups is 1. The summed E-state index contributed by atoms with van der Waals surface area (Å²) in [6.45, 7) is 4.46. The van der Waals surface area contributed by atoms with Gasteiger partial charge in [0.15, 0.2) is 0 Å². The van der Waals surface area contributed by atoms with E-state index in [-0.39, 0.29) is 5.91 Å². The fraction of sp³-hybridized carbons (Fsp3) is 0.444. The van der Waals surface area contributed by atoms with Gasteiger partial charge in [0.05, 0.1) is 23.5 Å². The molecule has 0 aliphatic carbocycles. The number of nitrogens with one attached hydrogen (secondary N) is 1. The van der Waals surface area contributed by atoms with Crippen molar-refractivity contribution in [2.24, 2.45) is 0 Å². The standard InChI is InChI=1S/C18H23N5O/c1-13-9-15(11-19-10-13)18(24)22-12-16-17(21-6-5-20-16)14-3-7-23(2)8-4-14/h5-6,9-11,14H,3-4,7-8,12H2,1-2H3,(H,22,24). The van der Waals surface area contributed by atoms with E-state index in [0.717, 1.165) is 42.9 Å². The van der Waals surface area contributed by atoms with E-state index in [2.05, 4.69) is 32.2 Å². The van der Waals surface area contributed by atoms with Crippen molar-refractivity contribution < 1.29 is 4.79 Å². The molecule has 2 aromatic heterocycles. The van der Waals surface area contributed by atoms with Crippen LogP contribution >= 0.6 is 0 Å². The second kappa shape index (κ2) is 7.49. The summed E-state index contributed by atoms with van der Waals surface area (Å²) in [5.41, 5.74) is 3.42. The maximum Gasteiger partial charge on any atom is 0.253 e. The first kappa shape index (κ1) is 16.5. The van der Waals surface area contributed by atoms with Crippen LogP contribution in [-0.4, -0.2) is 45.9 Å². The van der Waals surface area contributed by atoms with Crippen LogP contribution in [-0.2, 0) is 6.54 Å². The highest BCUT2D eigenvalue weighted by Crippen LogP contribution is 2.27. The molecule has 6 heteroatoms. The maximum atomic E-state index is 12.3. The van der Waals surface area contributed by atoms with Crippen LogP contribution in [0.5, 0.6) is 0 Å². The molecule has 2 aromatic rings. The molecule has 0 atom stereocenters. The summed E-state index contributed by atoms with van der Waals surface area (Å²) in [6.07, 6.45) is 8.90. The van der Waals surface area contributed by atoms with E-state index in [9.17, 15) is 4.79 Å². The number of carbonyl (C=O) groups excluding carboxylic acids is 1. The lowest BCUT2D eigenvalue weighted by atomic mass is 9.92. The molecule has 1 amide bonds. The normalized spacial score (nSPS) is 16.1. The Morgan fingerprint density at radius 1 is 1.25 bits per heavy atom. The molecule has 0 radical (unpaired) electrons. The third-order valence-corrected chi connectivity index (χ3v) is 4.47. The minimum atomic E-state index is -0.133. The Kier molecular flexibility index (Phi) is 5.15. The zero-order valence-electron chi connectivity index (χ0n) is 14.2. The smallest absolute Gasteiger partial charge is 0.253 e. The van der Waals surface area contributed by atoms with E-state index < -0.39 is 0 Å². The molecule has 0 saturated carbocycles. The Morgan fingerprint density at radius 3 is 2.75 bits per heavy atom. The molecule has 126 valence electrons. The number of amides is 1.